The molecule has 0 aromatic carbocycles. The monoisotopic (exact) mass is 247 g/mol. The van der Waals surface area contributed by atoms with Gasteiger partial charge in [-0.15, -0.1) is 0 Å². The maximum Gasteiger partial charge on any atom is 0.0643 e. The van der Waals surface area contributed by atoms with Crippen LogP contribution in [0.2, 0.25) is 0 Å². The van der Waals surface area contributed by atoms with E-state index >= 15 is 0 Å². The highest BCUT2D eigenvalue weighted by atomic mass is 15.3. The Morgan fingerprint density at radius 2 is 2.17 bits per heavy atom. The van der Waals surface area contributed by atoms with E-state index in [0.29, 0.717) is 0 Å². The molecule has 5 nitrogen and oxygen atoms in total. The molecule has 2 rings (SSSR count). The molecule has 5 heteroatoms. The van der Waals surface area contributed by atoms with Crippen molar-refractivity contribution in [2.75, 3.05) is 6.54 Å². The topological polar surface area (TPSA) is 47.7 Å². The van der Waals surface area contributed by atoms with Gasteiger partial charge in [0.15, 0.2) is 0 Å². The van der Waals surface area contributed by atoms with Crippen LogP contribution in [-0.4, -0.2) is 26.1 Å². The van der Waals surface area contributed by atoms with E-state index in [0.717, 1.165) is 25.1 Å². The van der Waals surface area contributed by atoms with Crippen LogP contribution in [0.25, 0.3) is 0 Å². The van der Waals surface area contributed by atoms with Gasteiger partial charge < -0.3 is 5.32 Å². The van der Waals surface area contributed by atoms with Crippen molar-refractivity contribution in [2.45, 2.75) is 25.8 Å². The molecule has 18 heavy (non-hydrogen) atoms. The van der Waals surface area contributed by atoms with E-state index in [1.165, 1.54) is 5.56 Å². The lowest BCUT2D eigenvalue weighted by molar-refractivity contribution is 0.520. The van der Waals surface area contributed by atoms with Crippen LogP contribution >= 0.6 is 0 Å². The summed E-state index contributed by atoms with van der Waals surface area (Å²) in [7, 11) is 3.89. The average molecular weight is 247 g/mol. The molecule has 2 heterocycles. The third-order valence-corrected chi connectivity index (χ3v) is 2.95. The zero-order valence-electron chi connectivity index (χ0n) is 11.3. The molecule has 1 atom stereocenters. The maximum atomic E-state index is 4.44. The lowest BCUT2D eigenvalue weighted by atomic mass is 10.1. The van der Waals surface area contributed by atoms with Crippen LogP contribution in [0.15, 0.2) is 24.7 Å². The van der Waals surface area contributed by atoms with Crippen LogP contribution < -0.4 is 5.32 Å². The van der Waals surface area contributed by atoms with Gasteiger partial charge >= 0.3 is 0 Å². The van der Waals surface area contributed by atoms with Gasteiger partial charge in [-0.2, -0.15) is 10.2 Å². The van der Waals surface area contributed by atoms with Crippen molar-refractivity contribution in [3.8, 4) is 0 Å². The van der Waals surface area contributed by atoms with E-state index in [9.17, 15) is 0 Å². The van der Waals surface area contributed by atoms with Crippen molar-refractivity contribution >= 4 is 0 Å². The largest absolute Gasteiger partial charge is 0.310 e. The van der Waals surface area contributed by atoms with Crippen molar-refractivity contribution < 1.29 is 0 Å². The summed E-state index contributed by atoms with van der Waals surface area (Å²) in [5.74, 6) is 0. The van der Waals surface area contributed by atoms with Gasteiger partial charge in [0.1, 0.15) is 0 Å². The van der Waals surface area contributed by atoms with Crippen LogP contribution in [0.5, 0.6) is 0 Å². The van der Waals surface area contributed by atoms with Crippen LogP contribution in [0.4, 0.5) is 0 Å². The van der Waals surface area contributed by atoms with Crippen molar-refractivity contribution in [1.82, 2.24) is 24.9 Å². The summed E-state index contributed by atoms with van der Waals surface area (Å²) in [5.41, 5.74) is 2.33. The first-order valence-corrected chi connectivity index (χ1v) is 6.39. The average Bonchev–Trinajstić information content (AvgIpc) is 2.93. The highest BCUT2D eigenvalue weighted by molar-refractivity contribution is 5.14. The van der Waals surface area contributed by atoms with Crippen molar-refractivity contribution in [3.05, 3.63) is 35.9 Å². The molecule has 0 amide bonds. The maximum absolute atomic E-state index is 4.44. The fourth-order valence-electron chi connectivity index (χ4n) is 2.03. The van der Waals surface area contributed by atoms with Crippen LogP contribution in [0, 0.1) is 0 Å². The molecule has 1 N–H and O–H groups in total. The number of rotatable bonds is 6. The van der Waals surface area contributed by atoms with Crippen LogP contribution in [0.3, 0.4) is 0 Å². The Morgan fingerprint density at radius 1 is 1.33 bits per heavy atom. The molecule has 0 radical (unpaired) electrons. The Balaban J connectivity index is 2.09. The van der Waals surface area contributed by atoms with Gasteiger partial charge in [-0.1, -0.05) is 6.92 Å². The van der Waals surface area contributed by atoms with E-state index in [4.69, 9.17) is 0 Å². The second-order valence-corrected chi connectivity index (χ2v) is 4.64. The Hall–Kier alpha value is -1.62. The molecule has 0 bridgehead atoms. The van der Waals surface area contributed by atoms with Crippen LogP contribution in [-0.2, 0) is 20.5 Å². The lowest BCUT2D eigenvalue weighted by Crippen LogP contribution is -2.24. The summed E-state index contributed by atoms with van der Waals surface area (Å²) in [5, 5.41) is 12.2. The van der Waals surface area contributed by atoms with Gasteiger partial charge in [0.2, 0.25) is 0 Å². The minimum atomic E-state index is 0.286. The molecule has 1 unspecified atom stereocenters. The Morgan fingerprint density at radius 3 is 2.72 bits per heavy atom. The number of aryl methyl sites for hydroxylation is 2. The molecule has 0 aliphatic rings. The smallest absolute Gasteiger partial charge is 0.0643 e. The SMILES string of the molecule is CCCNC(Cc1ccn(C)n1)c1cnn(C)c1. The number of aromatic nitrogens is 4. The highest BCUT2D eigenvalue weighted by Gasteiger charge is 2.14. The van der Waals surface area contributed by atoms with E-state index in [1.807, 2.05) is 35.9 Å². The van der Waals surface area contributed by atoms with Crippen molar-refractivity contribution in [3.63, 3.8) is 0 Å². The van der Waals surface area contributed by atoms with Gasteiger partial charge in [0.25, 0.3) is 0 Å². The van der Waals surface area contributed by atoms with Crippen LogP contribution in [0.1, 0.15) is 30.6 Å². The fourth-order valence-corrected chi connectivity index (χ4v) is 2.03. The molecule has 2 aromatic heterocycles. The molecule has 0 spiro atoms. The lowest BCUT2D eigenvalue weighted by Gasteiger charge is -2.15. The molecule has 0 fully saturated rings. The highest BCUT2D eigenvalue weighted by Crippen LogP contribution is 2.16. The second kappa shape index (κ2) is 5.82. The molecule has 0 saturated heterocycles. The van der Waals surface area contributed by atoms with Gasteiger partial charge in [0.05, 0.1) is 11.9 Å². The Kier molecular flexibility index (Phi) is 4.15. The molecule has 0 saturated carbocycles. The van der Waals surface area contributed by atoms with Crippen molar-refractivity contribution in [2.24, 2.45) is 14.1 Å². The summed E-state index contributed by atoms with van der Waals surface area (Å²) < 4.78 is 3.68. The molecular weight excluding hydrogens is 226 g/mol. The summed E-state index contributed by atoms with van der Waals surface area (Å²) in [6.45, 7) is 3.18. The predicted octanol–water partition coefficient (Wildman–Crippen LogP) is 1.44. The molecule has 0 aliphatic heterocycles. The van der Waals surface area contributed by atoms with E-state index in [2.05, 4.69) is 34.7 Å². The van der Waals surface area contributed by atoms with E-state index in [1.54, 1.807) is 0 Å². The standard InChI is InChI=1S/C13H21N5/c1-4-6-14-13(11-9-15-18(3)10-11)8-12-5-7-17(2)16-12/h5,7,9-10,13-14H,4,6,8H2,1-3H3. The number of nitrogens with zero attached hydrogens (tertiary/aromatic N) is 4. The number of hydrogen-bond acceptors (Lipinski definition) is 3. The molecule has 0 aliphatic carbocycles. The second-order valence-electron chi connectivity index (χ2n) is 4.64. The fraction of sp³-hybridized carbons (Fsp3) is 0.538. The Labute approximate surface area is 108 Å². The zero-order valence-corrected chi connectivity index (χ0v) is 11.3. The first kappa shape index (κ1) is 12.8. The first-order valence-electron chi connectivity index (χ1n) is 6.39. The predicted molar refractivity (Wildman–Crippen MR) is 71.2 cm³/mol. The van der Waals surface area contributed by atoms with Crippen molar-refractivity contribution in [1.29, 1.82) is 0 Å². The van der Waals surface area contributed by atoms with Gasteiger partial charge in [-0.3, -0.25) is 9.36 Å². The minimum Gasteiger partial charge on any atom is -0.310 e. The normalized spacial score (nSPS) is 12.8. The summed E-state index contributed by atoms with van der Waals surface area (Å²) >= 11 is 0. The molecule has 2 aromatic rings. The van der Waals surface area contributed by atoms with Gasteiger partial charge in [0, 0.05) is 44.5 Å². The first-order chi connectivity index (χ1) is 8.69. The van der Waals surface area contributed by atoms with Gasteiger partial charge in [-0.05, 0) is 19.0 Å². The number of hydrogen-bond donors (Lipinski definition) is 1. The summed E-state index contributed by atoms with van der Waals surface area (Å²) in [6.07, 6.45) is 7.99. The molecular formula is C13H21N5. The van der Waals surface area contributed by atoms with E-state index in [-0.39, 0.29) is 6.04 Å². The quantitative estimate of drug-likeness (QED) is 0.840. The summed E-state index contributed by atoms with van der Waals surface area (Å²) in [4.78, 5) is 0. The van der Waals surface area contributed by atoms with Gasteiger partial charge in [-0.25, -0.2) is 0 Å². The molecule has 98 valence electrons. The third-order valence-electron chi connectivity index (χ3n) is 2.95. The minimum absolute atomic E-state index is 0.286. The van der Waals surface area contributed by atoms with E-state index < -0.39 is 0 Å². The third kappa shape index (κ3) is 3.20. The Bertz CT molecular complexity index is 485. The zero-order chi connectivity index (χ0) is 13.0. The number of nitrogens with one attached hydrogen (secondary N) is 1. The summed E-state index contributed by atoms with van der Waals surface area (Å²) in [6, 6.07) is 2.35.